The van der Waals surface area contributed by atoms with Crippen LogP contribution in [0.1, 0.15) is 27.7 Å². The number of ketones is 1. The van der Waals surface area contributed by atoms with Crippen molar-refractivity contribution >= 4 is 28.7 Å². The quantitative estimate of drug-likeness (QED) is 0.851. The molecule has 1 atom stereocenters. The van der Waals surface area contributed by atoms with E-state index < -0.39 is 23.5 Å². The topological polar surface area (TPSA) is 75.6 Å². The number of benzene rings is 1. The lowest BCUT2D eigenvalue weighted by Crippen LogP contribution is -2.52. The Kier molecular flexibility index (Phi) is 4.08. The monoisotopic (exact) mass is 371 g/mol. The lowest BCUT2D eigenvalue weighted by Gasteiger charge is -2.25. The first kappa shape index (κ1) is 17.4. The fourth-order valence-corrected chi connectivity index (χ4v) is 3.14. The third-order valence-corrected chi connectivity index (χ3v) is 4.79. The molecule has 3 rings (SSSR count). The van der Waals surface area contributed by atoms with E-state index in [1.54, 1.807) is 11.4 Å². The zero-order valence-electron chi connectivity index (χ0n) is 12.8. The fourth-order valence-electron chi connectivity index (χ4n) is 2.28. The van der Waals surface area contributed by atoms with Crippen LogP contribution in [0.15, 0.2) is 29.6 Å². The largest absolute Gasteiger partial charge is 0.488 e. The minimum atomic E-state index is -5.16. The number of aliphatic hydroxyl groups is 1. The Morgan fingerprint density at radius 1 is 1.32 bits per heavy atom. The van der Waals surface area contributed by atoms with E-state index in [9.17, 15) is 27.9 Å². The second-order valence-electron chi connectivity index (χ2n) is 5.60. The number of anilines is 1. The van der Waals surface area contributed by atoms with Crippen LogP contribution < -0.4 is 10.1 Å². The lowest BCUT2D eigenvalue weighted by atomic mass is 10.0. The van der Waals surface area contributed by atoms with Crippen LogP contribution in [0.25, 0.3) is 0 Å². The van der Waals surface area contributed by atoms with Crippen LogP contribution in [-0.4, -0.2) is 28.6 Å². The summed E-state index contributed by atoms with van der Waals surface area (Å²) >= 11 is 1.18. The van der Waals surface area contributed by atoms with Crippen LogP contribution in [0.4, 0.5) is 18.9 Å². The maximum absolute atomic E-state index is 12.8. The van der Waals surface area contributed by atoms with Crippen LogP contribution in [-0.2, 0) is 11.4 Å². The molecule has 9 heteroatoms. The molecule has 132 valence electrons. The molecule has 5 nitrogen and oxygen atoms in total. The SMILES string of the molecule is CC(O)(C(=O)Nc1cccc2c1C(=O)c1sccc1CO2)C(F)(F)F. The molecule has 1 aliphatic heterocycles. The number of alkyl halides is 3. The first-order chi connectivity index (χ1) is 11.6. The molecule has 1 amide bonds. The van der Waals surface area contributed by atoms with Gasteiger partial charge in [-0.05, 0) is 30.5 Å². The van der Waals surface area contributed by atoms with E-state index in [2.05, 4.69) is 0 Å². The third kappa shape index (κ3) is 2.89. The van der Waals surface area contributed by atoms with Crippen molar-refractivity contribution in [3.8, 4) is 5.75 Å². The van der Waals surface area contributed by atoms with Gasteiger partial charge >= 0.3 is 6.18 Å². The number of hydrogen-bond donors (Lipinski definition) is 2. The maximum Gasteiger partial charge on any atom is 0.426 e. The highest BCUT2D eigenvalue weighted by Gasteiger charge is 2.56. The van der Waals surface area contributed by atoms with Crippen LogP contribution in [0.5, 0.6) is 5.75 Å². The summed E-state index contributed by atoms with van der Waals surface area (Å²) in [6.07, 6.45) is -5.16. The van der Waals surface area contributed by atoms with Gasteiger partial charge in [0.25, 0.3) is 5.91 Å². The van der Waals surface area contributed by atoms with Crippen molar-refractivity contribution in [2.24, 2.45) is 0 Å². The summed E-state index contributed by atoms with van der Waals surface area (Å²) in [6.45, 7) is 0.481. The Labute approximate surface area is 144 Å². The first-order valence-electron chi connectivity index (χ1n) is 7.10. The second kappa shape index (κ2) is 5.85. The minimum Gasteiger partial charge on any atom is -0.488 e. The molecule has 0 spiro atoms. The Bertz CT molecular complexity index is 857. The highest BCUT2D eigenvalue weighted by atomic mass is 32.1. The van der Waals surface area contributed by atoms with Crippen molar-refractivity contribution in [2.75, 3.05) is 5.32 Å². The van der Waals surface area contributed by atoms with Crippen LogP contribution in [0.3, 0.4) is 0 Å². The normalized spacial score (nSPS) is 16.1. The summed E-state index contributed by atoms with van der Waals surface area (Å²) in [4.78, 5) is 25.0. The molecule has 0 bridgehead atoms. The molecular formula is C16H12F3NO4S. The van der Waals surface area contributed by atoms with Gasteiger partial charge in [-0.25, -0.2) is 0 Å². The molecule has 0 radical (unpaired) electrons. The maximum atomic E-state index is 12.8. The van der Waals surface area contributed by atoms with E-state index in [0.29, 0.717) is 17.4 Å². The predicted octanol–water partition coefficient (Wildman–Crippen LogP) is 3.12. The van der Waals surface area contributed by atoms with Crippen molar-refractivity contribution in [1.29, 1.82) is 0 Å². The number of carbonyl (C=O) groups excluding carboxylic acids is 2. The van der Waals surface area contributed by atoms with Gasteiger partial charge in [-0.15, -0.1) is 11.3 Å². The predicted molar refractivity (Wildman–Crippen MR) is 83.8 cm³/mol. The van der Waals surface area contributed by atoms with E-state index in [-0.39, 0.29) is 23.6 Å². The molecule has 0 fully saturated rings. The molecule has 1 aromatic carbocycles. The Balaban J connectivity index is 2.01. The van der Waals surface area contributed by atoms with Crippen molar-refractivity contribution in [1.82, 2.24) is 0 Å². The van der Waals surface area contributed by atoms with Gasteiger partial charge in [-0.3, -0.25) is 9.59 Å². The van der Waals surface area contributed by atoms with Crippen molar-refractivity contribution in [3.05, 3.63) is 45.6 Å². The summed E-state index contributed by atoms with van der Waals surface area (Å²) in [5.41, 5.74) is -3.14. The van der Waals surface area contributed by atoms with Crippen LogP contribution in [0.2, 0.25) is 0 Å². The molecule has 2 heterocycles. The van der Waals surface area contributed by atoms with Gasteiger partial charge in [0.15, 0.2) is 0 Å². The fraction of sp³-hybridized carbons (Fsp3) is 0.250. The number of hydrogen-bond acceptors (Lipinski definition) is 5. The lowest BCUT2D eigenvalue weighted by molar-refractivity contribution is -0.242. The van der Waals surface area contributed by atoms with Gasteiger partial charge in [-0.1, -0.05) is 6.07 Å². The standard InChI is InChI=1S/C16H12F3NO4S/c1-15(23,16(17,18)19)14(22)20-9-3-2-4-10-11(9)12(21)13-8(7-24-10)5-6-25-13/h2-6,23H,7H2,1H3,(H,20,22). The molecule has 1 aromatic heterocycles. The van der Waals surface area contributed by atoms with Gasteiger partial charge in [-0.2, -0.15) is 13.2 Å². The van der Waals surface area contributed by atoms with E-state index in [1.807, 2.05) is 5.32 Å². The molecule has 2 N–H and O–H groups in total. The van der Waals surface area contributed by atoms with Gasteiger partial charge in [0.1, 0.15) is 12.4 Å². The van der Waals surface area contributed by atoms with Gasteiger partial charge in [0.05, 0.1) is 16.1 Å². The number of halogens is 3. The van der Waals surface area contributed by atoms with Gasteiger partial charge < -0.3 is 15.2 Å². The molecule has 25 heavy (non-hydrogen) atoms. The molecule has 0 saturated carbocycles. The summed E-state index contributed by atoms with van der Waals surface area (Å²) in [5, 5.41) is 13.2. The first-order valence-corrected chi connectivity index (χ1v) is 7.98. The van der Waals surface area contributed by atoms with Gasteiger partial charge in [0, 0.05) is 5.56 Å². The number of rotatable bonds is 2. The average molecular weight is 371 g/mol. The molecule has 1 unspecified atom stereocenters. The molecule has 2 aromatic rings. The van der Waals surface area contributed by atoms with Crippen molar-refractivity contribution in [3.63, 3.8) is 0 Å². The van der Waals surface area contributed by atoms with Crippen LogP contribution >= 0.6 is 11.3 Å². The number of amides is 1. The van der Waals surface area contributed by atoms with E-state index in [0.717, 1.165) is 0 Å². The molecule has 1 aliphatic rings. The van der Waals surface area contributed by atoms with Crippen molar-refractivity contribution < 1.29 is 32.6 Å². The Morgan fingerprint density at radius 3 is 2.72 bits per heavy atom. The average Bonchev–Trinajstić information content (AvgIpc) is 2.95. The Hall–Kier alpha value is -2.39. The zero-order chi connectivity index (χ0) is 18.4. The second-order valence-corrected chi connectivity index (χ2v) is 6.51. The summed E-state index contributed by atoms with van der Waals surface area (Å²) in [6, 6.07) is 5.92. The summed E-state index contributed by atoms with van der Waals surface area (Å²) < 4.78 is 44.0. The third-order valence-electron chi connectivity index (χ3n) is 3.83. The smallest absolute Gasteiger partial charge is 0.426 e. The number of carbonyl (C=O) groups is 2. The number of fused-ring (bicyclic) bond motifs is 2. The van der Waals surface area contributed by atoms with Crippen LogP contribution in [0, 0.1) is 0 Å². The van der Waals surface area contributed by atoms with Crippen molar-refractivity contribution in [2.45, 2.75) is 25.3 Å². The highest BCUT2D eigenvalue weighted by Crippen LogP contribution is 2.37. The van der Waals surface area contributed by atoms with E-state index >= 15 is 0 Å². The zero-order valence-corrected chi connectivity index (χ0v) is 13.6. The Morgan fingerprint density at radius 2 is 2.04 bits per heavy atom. The summed E-state index contributed by atoms with van der Waals surface area (Å²) in [7, 11) is 0. The summed E-state index contributed by atoms with van der Waals surface area (Å²) in [5.74, 6) is -1.99. The number of thiophene rings is 1. The molecule has 0 aliphatic carbocycles. The van der Waals surface area contributed by atoms with E-state index in [1.165, 1.54) is 29.5 Å². The van der Waals surface area contributed by atoms with E-state index in [4.69, 9.17) is 4.74 Å². The van der Waals surface area contributed by atoms with Gasteiger partial charge in [0.2, 0.25) is 11.4 Å². The number of nitrogens with one attached hydrogen (secondary N) is 1. The molecule has 0 saturated heterocycles. The molecular weight excluding hydrogens is 359 g/mol. The minimum absolute atomic E-state index is 0.0463. The number of ether oxygens (including phenoxy) is 1. The highest BCUT2D eigenvalue weighted by molar-refractivity contribution is 7.12.